The third-order valence-electron chi connectivity index (χ3n) is 3.74. The van der Waals surface area contributed by atoms with Gasteiger partial charge >= 0.3 is 0 Å². The maximum atomic E-state index is 12.1. The van der Waals surface area contributed by atoms with E-state index in [1.165, 1.54) is 4.88 Å². The Kier molecular flexibility index (Phi) is 5.78. The first kappa shape index (κ1) is 16.5. The average molecular weight is 330 g/mol. The monoisotopic (exact) mass is 330 g/mol. The van der Waals surface area contributed by atoms with E-state index in [1.54, 1.807) is 18.3 Å². The van der Waals surface area contributed by atoms with Crippen LogP contribution < -0.4 is 4.72 Å². The van der Waals surface area contributed by atoms with Gasteiger partial charge < -0.3 is 4.90 Å². The first-order valence-electron chi connectivity index (χ1n) is 7.30. The van der Waals surface area contributed by atoms with Crippen molar-refractivity contribution in [3.05, 3.63) is 22.4 Å². The summed E-state index contributed by atoms with van der Waals surface area (Å²) in [6, 6.07) is 4.01. The van der Waals surface area contributed by atoms with E-state index in [9.17, 15) is 13.2 Å². The SMILES string of the molecule is CCS(=O)(=O)NC1CCN(C(=O)CCc2cccs2)CC1. The highest BCUT2D eigenvalue weighted by molar-refractivity contribution is 7.89. The molecule has 0 atom stereocenters. The van der Waals surface area contributed by atoms with Crippen LogP contribution in [0.2, 0.25) is 0 Å². The van der Waals surface area contributed by atoms with Crippen molar-refractivity contribution >= 4 is 27.3 Å². The molecular formula is C14H22N2O3S2. The highest BCUT2D eigenvalue weighted by Crippen LogP contribution is 2.15. The number of piperidine rings is 1. The van der Waals surface area contributed by atoms with E-state index in [2.05, 4.69) is 4.72 Å². The molecule has 7 heteroatoms. The molecule has 2 heterocycles. The average Bonchev–Trinajstić information content (AvgIpc) is 2.98. The Morgan fingerprint density at radius 1 is 1.43 bits per heavy atom. The quantitative estimate of drug-likeness (QED) is 0.862. The summed E-state index contributed by atoms with van der Waals surface area (Å²) in [5, 5.41) is 2.02. The van der Waals surface area contributed by atoms with Gasteiger partial charge in [0.2, 0.25) is 15.9 Å². The topological polar surface area (TPSA) is 66.5 Å². The van der Waals surface area contributed by atoms with E-state index < -0.39 is 10.0 Å². The molecule has 1 aromatic heterocycles. The summed E-state index contributed by atoms with van der Waals surface area (Å²) in [5.74, 6) is 0.271. The van der Waals surface area contributed by atoms with Crippen molar-refractivity contribution in [2.24, 2.45) is 0 Å². The molecule has 21 heavy (non-hydrogen) atoms. The lowest BCUT2D eigenvalue weighted by molar-refractivity contribution is -0.132. The van der Waals surface area contributed by atoms with E-state index in [1.807, 2.05) is 22.4 Å². The number of rotatable bonds is 6. The first-order chi connectivity index (χ1) is 10.00. The fourth-order valence-corrected chi connectivity index (χ4v) is 4.05. The van der Waals surface area contributed by atoms with Crippen molar-refractivity contribution in [1.29, 1.82) is 0 Å². The minimum absolute atomic E-state index is 0.0312. The van der Waals surface area contributed by atoms with Crippen LogP contribution in [0.25, 0.3) is 0 Å². The van der Waals surface area contributed by atoms with Crippen molar-refractivity contribution in [3.8, 4) is 0 Å². The maximum Gasteiger partial charge on any atom is 0.222 e. The number of aryl methyl sites for hydroxylation is 1. The van der Waals surface area contributed by atoms with Gasteiger partial charge in [-0.25, -0.2) is 13.1 Å². The fourth-order valence-electron chi connectivity index (χ4n) is 2.43. The van der Waals surface area contributed by atoms with Crippen LogP contribution in [0.3, 0.4) is 0 Å². The summed E-state index contributed by atoms with van der Waals surface area (Å²) in [6.45, 7) is 2.91. The van der Waals surface area contributed by atoms with Crippen molar-refractivity contribution in [2.75, 3.05) is 18.8 Å². The molecule has 1 amide bonds. The van der Waals surface area contributed by atoms with Crippen LogP contribution in [0.1, 0.15) is 31.1 Å². The summed E-state index contributed by atoms with van der Waals surface area (Å²) in [6.07, 6.45) is 2.72. The number of hydrogen-bond acceptors (Lipinski definition) is 4. The standard InChI is InChI=1S/C14H22N2O3S2/c1-2-21(18,19)15-12-7-9-16(10-8-12)14(17)6-5-13-4-3-11-20-13/h3-4,11-12,15H,2,5-10H2,1H3. The second kappa shape index (κ2) is 7.38. The smallest absolute Gasteiger partial charge is 0.222 e. The van der Waals surface area contributed by atoms with E-state index in [4.69, 9.17) is 0 Å². The number of sulfonamides is 1. The lowest BCUT2D eigenvalue weighted by Crippen LogP contribution is -2.46. The lowest BCUT2D eigenvalue weighted by Gasteiger charge is -2.32. The van der Waals surface area contributed by atoms with E-state index in [0.29, 0.717) is 32.4 Å². The number of hydrogen-bond donors (Lipinski definition) is 1. The van der Waals surface area contributed by atoms with Crippen LogP contribution in [0, 0.1) is 0 Å². The molecule has 118 valence electrons. The van der Waals surface area contributed by atoms with Crippen molar-refractivity contribution in [3.63, 3.8) is 0 Å². The second-order valence-corrected chi connectivity index (χ2v) is 8.33. The van der Waals surface area contributed by atoms with Gasteiger partial charge in [0.15, 0.2) is 0 Å². The maximum absolute atomic E-state index is 12.1. The summed E-state index contributed by atoms with van der Waals surface area (Å²) in [5.41, 5.74) is 0. The van der Waals surface area contributed by atoms with Gasteiger partial charge in [-0.05, 0) is 37.6 Å². The lowest BCUT2D eigenvalue weighted by atomic mass is 10.1. The van der Waals surface area contributed by atoms with Gasteiger partial charge in [-0.15, -0.1) is 11.3 Å². The van der Waals surface area contributed by atoms with Crippen LogP contribution in [-0.4, -0.2) is 44.1 Å². The molecular weight excluding hydrogens is 308 g/mol. The van der Waals surface area contributed by atoms with E-state index in [-0.39, 0.29) is 17.7 Å². The highest BCUT2D eigenvalue weighted by atomic mass is 32.2. The number of nitrogens with one attached hydrogen (secondary N) is 1. The summed E-state index contributed by atoms with van der Waals surface area (Å²) in [4.78, 5) is 15.2. The number of likely N-dealkylation sites (tertiary alicyclic amines) is 1. The van der Waals surface area contributed by atoms with Crippen molar-refractivity contribution in [2.45, 2.75) is 38.6 Å². The molecule has 0 unspecified atom stereocenters. The van der Waals surface area contributed by atoms with Crippen molar-refractivity contribution < 1.29 is 13.2 Å². The van der Waals surface area contributed by atoms with Gasteiger partial charge in [-0.2, -0.15) is 0 Å². The van der Waals surface area contributed by atoms with E-state index >= 15 is 0 Å². The van der Waals surface area contributed by atoms with E-state index in [0.717, 1.165) is 6.42 Å². The molecule has 1 N–H and O–H groups in total. The van der Waals surface area contributed by atoms with Gasteiger partial charge in [0.25, 0.3) is 0 Å². The number of thiophene rings is 1. The Balaban J connectivity index is 1.74. The zero-order valence-corrected chi connectivity index (χ0v) is 13.9. The molecule has 2 rings (SSSR count). The Hall–Kier alpha value is -0.920. The van der Waals surface area contributed by atoms with Crippen LogP contribution in [-0.2, 0) is 21.2 Å². The normalized spacial score (nSPS) is 17.1. The molecule has 0 bridgehead atoms. The molecule has 0 spiro atoms. The van der Waals surface area contributed by atoms with Crippen LogP contribution >= 0.6 is 11.3 Å². The third kappa shape index (κ3) is 5.09. The molecule has 1 aromatic rings. The number of carbonyl (C=O) groups excluding carboxylic acids is 1. The van der Waals surface area contributed by atoms with Crippen LogP contribution in [0.5, 0.6) is 0 Å². The zero-order valence-electron chi connectivity index (χ0n) is 12.2. The van der Waals surface area contributed by atoms with Gasteiger partial charge in [-0.1, -0.05) is 6.07 Å². The Morgan fingerprint density at radius 2 is 2.14 bits per heavy atom. The van der Waals surface area contributed by atoms with Crippen LogP contribution in [0.4, 0.5) is 0 Å². The molecule has 5 nitrogen and oxygen atoms in total. The number of amides is 1. The summed E-state index contributed by atoms with van der Waals surface area (Å²) in [7, 11) is -3.15. The summed E-state index contributed by atoms with van der Waals surface area (Å²) < 4.78 is 25.7. The van der Waals surface area contributed by atoms with Gasteiger partial charge in [-0.3, -0.25) is 4.79 Å². The Labute approximate surface area is 130 Å². The van der Waals surface area contributed by atoms with Crippen molar-refractivity contribution in [1.82, 2.24) is 9.62 Å². The third-order valence-corrected chi connectivity index (χ3v) is 6.13. The van der Waals surface area contributed by atoms with Crippen LogP contribution in [0.15, 0.2) is 17.5 Å². The number of nitrogens with zero attached hydrogens (tertiary/aromatic N) is 1. The molecule has 1 fully saturated rings. The Bertz CT molecular complexity index is 547. The van der Waals surface area contributed by atoms with Gasteiger partial charge in [0.1, 0.15) is 0 Å². The summed E-state index contributed by atoms with van der Waals surface area (Å²) >= 11 is 1.67. The minimum atomic E-state index is -3.15. The first-order valence-corrected chi connectivity index (χ1v) is 9.83. The fraction of sp³-hybridized carbons (Fsp3) is 0.643. The number of carbonyl (C=O) groups is 1. The molecule has 0 saturated carbocycles. The minimum Gasteiger partial charge on any atom is -0.343 e. The molecule has 0 radical (unpaired) electrons. The second-order valence-electron chi connectivity index (χ2n) is 5.26. The zero-order chi connectivity index (χ0) is 15.3. The molecule has 1 aliphatic heterocycles. The molecule has 1 saturated heterocycles. The molecule has 0 aliphatic carbocycles. The van der Waals surface area contributed by atoms with Gasteiger partial charge in [0, 0.05) is 30.4 Å². The Morgan fingerprint density at radius 3 is 2.71 bits per heavy atom. The predicted octanol–water partition coefficient (Wildman–Crippen LogP) is 1.61. The molecule has 0 aromatic carbocycles. The van der Waals surface area contributed by atoms with Gasteiger partial charge in [0.05, 0.1) is 5.75 Å². The molecule has 1 aliphatic rings. The highest BCUT2D eigenvalue weighted by Gasteiger charge is 2.25. The predicted molar refractivity (Wildman–Crippen MR) is 84.8 cm³/mol. The largest absolute Gasteiger partial charge is 0.343 e.